The van der Waals surface area contributed by atoms with Crippen LogP contribution >= 0.6 is 0 Å². The van der Waals surface area contributed by atoms with Gasteiger partial charge in [-0.15, -0.1) is 0 Å². The predicted octanol–water partition coefficient (Wildman–Crippen LogP) is 0.565. The zero-order chi connectivity index (χ0) is 14.0. The van der Waals surface area contributed by atoms with Crippen LogP contribution in [-0.4, -0.2) is 53.9 Å². The Morgan fingerprint density at radius 3 is 2.53 bits per heavy atom. The van der Waals surface area contributed by atoms with Crippen LogP contribution in [-0.2, 0) is 0 Å². The number of piperazine rings is 1. The fraction of sp³-hybridized carbons (Fsp3) is 0.417. The van der Waals surface area contributed by atoms with Crippen LogP contribution < -0.4 is 5.73 Å². The van der Waals surface area contributed by atoms with Gasteiger partial charge in [0.1, 0.15) is 0 Å². The van der Waals surface area contributed by atoms with Crippen molar-refractivity contribution in [1.82, 2.24) is 9.80 Å². The van der Waals surface area contributed by atoms with Crippen LogP contribution in [0.15, 0.2) is 18.2 Å². The van der Waals surface area contributed by atoms with Gasteiger partial charge in [0, 0.05) is 44.0 Å². The molecular formula is C12H16N4O3. The minimum atomic E-state index is -0.528. The topological polar surface area (TPSA) is 92.7 Å². The van der Waals surface area contributed by atoms with Crippen LogP contribution in [0.2, 0.25) is 0 Å². The second kappa shape index (κ2) is 5.23. The largest absolute Gasteiger partial charge is 0.398 e. The van der Waals surface area contributed by atoms with Gasteiger partial charge in [0.05, 0.1) is 10.5 Å². The second-order valence-electron chi connectivity index (χ2n) is 4.62. The normalized spacial score (nSPS) is 16.4. The van der Waals surface area contributed by atoms with Gasteiger partial charge in [-0.25, -0.2) is 0 Å². The van der Waals surface area contributed by atoms with E-state index in [-0.39, 0.29) is 22.8 Å². The molecular weight excluding hydrogens is 248 g/mol. The van der Waals surface area contributed by atoms with Crippen molar-refractivity contribution in [3.63, 3.8) is 0 Å². The number of carbonyl (C=O) groups is 1. The number of nitrogens with zero attached hydrogens (tertiary/aromatic N) is 3. The van der Waals surface area contributed by atoms with Crippen LogP contribution in [0.4, 0.5) is 11.4 Å². The molecule has 1 amide bonds. The zero-order valence-electron chi connectivity index (χ0n) is 10.7. The number of hydrogen-bond acceptors (Lipinski definition) is 5. The van der Waals surface area contributed by atoms with E-state index >= 15 is 0 Å². The summed E-state index contributed by atoms with van der Waals surface area (Å²) in [6.45, 7) is 2.80. The van der Waals surface area contributed by atoms with Crippen molar-refractivity contribution >= 4 is 17.3 Å². The standard InChI is InChI=1S/C12H16N4O3/c1-14-4-6-15(7-5-14)12(17)10-8-9(16(18)19)2-3-11(10)13/h2-3,8H,4-7,13H2,1H3. The summed E-state index contributed by atoms with van der Waals surface area (Å²) in [6, 6.07) is 3.95. The molecule has 0 atom stereocenters. The molecule has 7 nitrogen and oxygen atoms in total. The molecule has 0 spiro atoms. The Morgan fingerprint density at radius 2 is 1.95 bits per heavy atom. The van der Waals surface area contributed by atoms with Gasteiger partial charge in [0.15, 0.2) is 0 Å². The number of nitrogens with two attached hydrogens (primary N) is 1. The molecule has 1 heterocycles. The lowest BCUT2D eigenvalue weighted by Crippen LogP contribution is -2.47. The van der Waals surface area contributed by atoms with Crippen LogP contribution in [0.5, 0.6) is 0 Å². The van der Waals surface area contributed by atoms with Crippen molar-refractivity contribution in [2.24, 2.45) is 0 Å². The van der Waals surface area contributed by atoms with Crippen molar-refractivity contribution < 1.29 is 9.72 Å². The molecule has 0 radical (unpaired) electrons. The number of amides is 1. The summed E-state index contributed by atoms with van der Waals surface area (Å²) < 4.78 is 0. The molecule has 2 N–H and O–H groups in total. The molecule has 19 heavy (non-hydrogen) atoms. The van der Waals surface area contributed by atoms with E-state index in [4.69, 9.17) is 5.73 Å². The number of likely N-dealkylation sites (N-methyl/N-ethyl adjacent to an activating group) is 1. The third kappa shape index (κ3) is 2.82. The Bertz CT molecular complexity index is 510. The number of non-ortho nitro benzene ring substituents is 1. The molecule has 7 heteroatoms. The minimum absolute atomic E-state index is 0.119. The summed E-state index contributed by atoms with van der Waals surface area (Å²) in [5, 5.41) is 10.7. The third-order valence-electron chi connectivity index (χ3n) is 3.27. The van der Waals surface area contributed by atoms with Gasteiger partial charge in [-0.3, -0.25) is 14.9 Å². The molecule has 0 bridgehead atoms. The molecule has 1 saturated heterocycles. The monoisotopic (exact) mass is 264 g/mol. The number of benzene rings is 1. The lowest BCUT2D eigenvalue weighted by molar-refractivity contribution is -0.384. The fourth-order valence-corrected chi connectivity index (χ4v) is 2.02. The van der Waals surface area contributed by atoms with Crippen LogP contribution in [0.1, 0.15) is 10.4 Å². The summed E-state index contributed by atoms with van der Waals surface area (Å²) >= 11 is 0. The van der Waals surface area contributed by atoms with E-state index in [1.807, 2.05) is 7.05 Å². The first-order chi connectivity index (χ1) is 8.99. The Labute approximate surface area is 110 Å². The fourth-order valence-electron chi connectivity index (χ4n) is 2.02. The van der Waals surface area contributed by atoms with E-state index in [1.165, 1.54) is 18.2 Å². The lowest BCUT2D eigenvalue weighted by Gasteiger charge is -2.32. The van der Waals surface area contributed by atoms with Crippen LogP contribution in [0.3, 0.4) is 0 Å². The van der Waals surface area contributed by atoms with E-state index < -0.39 is 4.92 Å². The molecule has 0 aliphatic carbocycles. The number of anilines is 1. The Balaban J connectivity index is 2.23. The van der Waals surface area contributed by atoms with Gasteiger partial charge >= 0.3 is 0 Å². The molecule has 1 aromatic carbocycles. The zero-order valence-corrected chi connectivity index (χ0v) is 10.7. The minimum Gasteiger partial charge on any atom is -0.398 e. The third-order valence-corrected chi connectivity index (χ3v) is 3.27. The van der Waals surface area contributed by atoms with Gasteiger partial charge < -0.3 is 15.5 Å². The van der Waals surface area contributed by atoms with E-state index in [0.717, 1.165) is 13.1 Å². The first-order valence-corrected chi connectivity index (χ1v) is 6.01. The summed E-state index contributed by atoms with van der Waals surface area (Å²) in [7, 11) is 1.99. The molecule has 1 aromatic rings. The molecule has 1 fully saturated rings. The summed E-state index contributed by atoms with van der Waals surface area (Å²) in [5.74, 6) is -0.241. The summed E-state index contributed by atoms with van der Waals surface area (Å²) in [6.07, 6.45) is 0. The lowest BCUT2D eigenvalue weighted by atomic mass is 10.1. The van der Waals surface area contributed by atoms with Gasteiger partial charge in [0.2, 0.25) is 0 Å². The van der Waals surface area contributed by atoms with Crippen molar-refractivity contribution in [1.29, 1.82) is 0 Å². The molecule has 2 rings (SSSR count). The highest BCUT2D eigenvalue weighted by atomic mass is 16.6. The number of nitro groups is 1. The van der Waals surface area contributed by atoms with E-state index in [2.05, 4.69) is 4.90 Å². The van der Waals surface area contributed by atoms with Gasteiger partial charge in [-0.05, 0) is 13.1 Å². The quantitative estimate of drug-likeness (QED) is 0.479. The molecule has 0 saturated carbocycles. The van der Waals surface area contributed by atoms with E-state index in [1.54, 1.807) is 4.90 Å². The number of nitro benzene ring substituents is 1. The van der Waals surface area contributed by atoms with Crippen molar-refractivity contribution in [3.05, 3.63) is 33.9 Å². The first-order valence-electron chi connectivity index (χ1n) is 6.01. The summed E-state index contributed by atoms with van der Waals surface area (Å²) in [4.78, 5) is 26.3. The molecule has 1 aliphatic heterocycles. The average Bonchev–Trinajstić information content (AvgIpc) is 2.39. The van der Waals surface area contributed by atoms with Crippen molar-refractivity contribution in [2.75, 3.05) is 39.0 Å². The second-order valence-corrected chi connectivity index (χ2v) is 4.62. The smallest absolute Gasteiger partial charge is 0.270 e. The maximum absolute atomic E-state index is 12.3. The van der Waals surface area contributed by atoms with Crippen LogP contribution in [0, 0.1) is 10.1 Å². The number of rotatable bonds is 2. The Kier molecular flexibility index (Phi) is 3.66. The van der Waals surface area contributed by atoms with Gasteiger partial charge in [0.25, 0.3) is 11.6 Å². The van der Waals surface area contributed by atoms with Crippen molar-refractivity contribution in [2.45, 2.75) is 0 Å². The number of carbonyl (C=O) groups excluding carboxylic acids is 1. The van der Waals surface area contributed by atoms with Crippen LogP contribution in [0.25, 0.3) is 0 Å². The molecule has 0 aromatic heterocycles. The molecule has 1 aliphatic rings. The highest BCUT2D eigenvalue weighted by Gasteiger charge is 2.23. The SMILES string of the molecule is CN1CCN(C(=O)c2cc([N+](=O)[O-])ccc2N)CC1. The van der Waals surface area contributed by atoms with Gasteiger partial charge in [-0.1, -0.05) is 0 Å². The van der Waals surface area contributed by atoms with E-state index in [9.17, 15) is 14.9 Å². The maximum Gasteiger partial charge on any atom is 0.270 e. The first kappa shape index (κ1) is 13.3. The Morgan fingerprint density at radius 1 is 1.32 bits per heavy atom. The highest BCUT2D eigenvalue weighted by molar-refractivity contribution is 5.99. The van der Waals surface area contributed by atoms with Gasteiger partial charge in [-0.2, -0.15) is 0 Å². The maximum atomic E-state index is 12.3. The summed E-state index contributed by atoms with van der Waals surface area (Å²) in [5.41, 5.74) is 6.11. The highest BCUT2D eigenvalue weighted by Crippen LogP contribution is 2.21. The number of hydrogen-bond donors (Lipinski definition) is 1. The van der Waals surface area contributed by atoms with E-state index in [0.29, 0.717) is 13.1 Å². The molecule has 102 valence electrons. The predicted molar refractivity (Wildman–Crippen MR) is 70.9 cm³/mol. The molecule has 0 unspecified atom stereocenters. The average molecular weight is 264 g/mol. The van der Waals surface area contributed by atoms with Crippen molar-refractivity contribution in [3.8, 4) is 0 Å². The number of nitrogen functional groups attached to an aromatic ring is 1. The Hall–Kier alpha value is -2.15.